The highest BCUT2D eigenvalue weighted by Gasteiger charge is 2.19. The molecule has 31 heavy (non-hydrogen) atoms. The van der Waals surface area contributed by atoms with Gasteiger partial charge in [0.2, 0.25) is 5.91 Å². The molecule has 4 aromatic rings. The summed E-state index contributed by atoms with van der Waals surface area (Å²) in [7, 11) is 0. The van der Waals surface area contributed by atoms with Crippen LogP contribution in [-0.2, 0) is 11.2 Å². The summed E-state index contributed by atoms with van der Waals surface area (Å²) in [6, 6.07) is 34.8. The number of thiophene rings is 1. The Balaban J connectivity index is 1.45. The van der Waals surface area contributed by atoms with Gasteiger partial charge in [0.25, 0.3) is 0 Å². The average Bonchev–Trinajstić information content (AvgIpc) is 3.37. The van der Waals surface area contributed by atoms with E-state index in [1.54, 1.807) is 11.3 Å². The topological polar surface area (TPSA) is 41.1 Å². The lowest BCUT2D eigenvalue weighted by Crippen LogP contribution is -2.38. The fourth-order valence-corrected chi connectivity index (χ4v) is 4.49. The highest BCUT2D eigenvalue weighted by molar-refractivity contribution is 7.10. The van der Waals surface area contributed by atoms with Gasteiger partial charge in [0, 0.05) is 10.9 Å². The number of carbonyl (C=O) groups excluding carboxylic acids is 1. The molecule has 0 spiro atoms. The van der Waals surface area contributed by atoms with E-state index in [1.807, 2.05) is 53.9 Å². The van der Waals surface area contributed by atoms with Gasteiger partial charge in [-0.25, -0.2) is 0 Å². The van der Waals surface area contributed by atoms with Gasteiger partial charge in [0.05, 0.1) is 12.6 Å². The monoisotopic (exact) mass is 426 g/mol. The molecule has 0 saturated heterocycles. The number of hydrogen-bond acceptors (Lipinski definition) is 3. The third-order valence-electron chi connectivity index (χ3n) is 5.26. The molecule has 1 heterocycles. The fourth-order valence-electron chi connectivity index (χ4n) is 3.69. The molecule has 0 radical (unpaired) electrons. The standard InChI is InChI=1S/C27H26N2OS/c30-26(29-27(25-17-10-18-31-25)23-15-8-3-9-16-23)20-28-24(22-13-6-2-7-14-22)19-21-11-4-1-5-12-21/h1-18,24,27-28H,19-20H2,(H,29,30). The molecule has 0 bridgehead atoms. The normalized spacial score (nSPS) is 12.8. The van der Waals surface area contributed by atoms with Crippen molar-refractivity contribution >= 4 is 17.2 Å². The van der Waals surface area contributed by atoms with Crippen molar-refractivity contribution in [3.63, 3.8) is 0 Å². The fraction of sp³-hybridized carbons (Fsp3) is 0.148. The zero-order chi connectivity index (χ0) is 21.3. The van der Waals surface area contributed by atoms with Gasteiger partial charge in [-0.15, -0.1) is 11.3 Å². The van der Waals surface area contributed by atoms with E-state index < -0.39 is 0 Å². The van der Waals surface area contributed by atoms with Crippen molar-refractivity contribution < 1.29 is 4.79 Å². The van der Waals surface area contributed by atoms with Gasteiger partial charge < -0.3 is 10.6 Å². The van der Waals surface area contributed by atoms with Gasteiger partial charge in [-0.3, -0.25) is 4.79 Å². The largest absolute Gasteiger partial charge is 0.343 e. The minimum Gasteiger partial charge on any atom is -0.343 e. The highest BCUT2D eigenvalue weighted by atomic mass is 32.1. The zero-order valence-electron chi connectivity index (χ0n) is 17.3. The van der Waals surface area contributed by atoms with Gasteiger partial charge in [-0.1, -0.05) is 97.1 Å². The minimum absolute atomic E-state index is 0.0174. The number of amides is 1. The maximum absolute atomic E-state index is 12.9. The molecule has 2 atom stereocenters. The molecule has 4 rings (SSSR count). The number of benzene rings is 3. The molecule has 1 amide bonds. The molecule has 2 N–H and O–H groups in total. The van der Waals surface area contributed by atoms with Crippen LogP contribution in [0.4, 0.5) is 0 Å². The van der Waals surface area contributed by atoms with Crippen LogP contribution in [-0.4, -0.2) is 12.5 Å². The van der Waals surface area contributed by atoms with Gasteiger partial charge in [0.1, 0.15) is 0 Å². The van der Waals surface area contributed by atoms with E-state index in [0.29, 0.717) is 0 Å². The van der Waals surface area contributed by atoms with E-state index >= 15 is 0 Å². The Morgan fingerprint density at radius 1 is 0.742 bits per heavy atom. The molecule has 2 unspecified atom stereocenters. The van der Waals surface area contributed by atoms with Crippen LogP contribution in [0.15, 0.2) is 109 Å². The van der Waals surface area contributed by atoms with E-state index in [0.717, 1.165) is 16.9 Å². The third kappa shape index (κ3) is 5.91. The summed E-state index contributed by atoms with van der Waals surface area (Å²) in [6.07, 6.45) is 0.825. The second kappa shape index (κ2) is 10.7. The molecular weight excluding hydrogens is 400 g/mol. The van der Waals surface area contributed by atoms with Gasteiger partial charge in [0.15, 0.2) is 0 Å². The van der Waals surface area contributed by atoms with Crippen LogP contribution in [0, 0.1) is 0 Å². The van der Waals surface area contributed by atoms with Crippen LogP contribution in [0.25, 0.3) is 0 Å². The summed E-state index contributed by atoms with van der Waals surface area (Å²) in [5.41, 5.74) is 3.50. The Hall–Kier alpha value is -3.21. The second-order valence-electron chi connectivity index (χ2n) is 7.46. The molecule has 0 fully saturated rings. The minimum atomic E-state index is -0.139. The van der Waals surface area contributed by atoms with Crippen molar-refractivity contribution in [1.29, 1.82) is 0 Å². The van der Waals surface area contributed by atoms with Crippen molar-refractivity contribution in [1.82, 2.24) is 10.6 Å². The van der Waals surface area contributed by atoms with Gasteiger partial charge >= 0.3 is 0 Å². The zero-order valence-corrected chi connectivity index (χ0v) is 18.1. The Morgan fingerprint density at radius 2 is 1.35 bits per heavy atom. The first kappa shape index (κ1) is 21.0. The van der Waals surface area contributed by atoms with Gasteiger partial charge in [-0.2, -0.15) is 0 Å². The van der Waals surface area contributed by atoms with E-state index in [9.17, 15) is 4.79 Å². The van der Waals surface area contributed by atoms with Crippen LogP contribution in [0.5, 0.6) is 0 Å². The second-order valence-corrected chi connectivity index (χ2v) is 8.44. The highest BCUT2D eigenvalue weighted by Crippen LogP contribution is 2.26. The Morgan fingerprint density at radius 3 is 1.97 bits per heavy atom. The summed E-state index contributed by atoms with van der Waals surface area (Å²) in [4.78, 5) is 14.1. The molecule has 4 heteroatoms. The van der Waals surface area contributed by atoms with Crippen LogP contribution < -0.4 is 10.6 Å². The van der Waals surface area contributed by atoms with E-state index in [2.05, 4.69) is 65.2 Å². The van der Waals surface area contributed by atoms with E-state index in [1.165, 1.54) is 11.1 Å². The molecule has 3 nitrogen and oxygen atoms in total. The van der Waals surface area contributed by atoms with Crippen LogP contribution >= 0.6 is 11.3 Å². The number of hydrogen-bond donors (Lipinski definition) is 2. The number of carbonyl (C=O) groups is 1. The summed E-state index contributed by atoms with van der Waals surface area (Å²) in [6.45, 7) is 0.251. The average molecular weight is 427 g/mol. The first-order chi connectivity index (χ1) is 15.3. The summed E-state index contributed by atoms with van der Waals surface area (Å²) in [5.74, 6) is -0.0174. The smallest absolute Gasteiger partial charge is 0.234 e. The van der Waals surface area contributed by atoms with Crippen molar-refractivity contribution in [3.8, 4) is 0 Å². The molecule has 0 aliphatic rings. The Kier molecular flexibility index (Phi) is 7.27. The SMILES string of the molecule is O=C(CNC(Cc1ccccc1)c1ccccc1)NC(c1ccccc1)c1cccs1. The predicted octanol–water partition coefficient (Wildman–Crippen LogP) is 5.53. The van der Waals surface area contributed by atoms with E-state index in [-0.39, 0.29) is 24.5 Å². The molecule has 0 aliphatic heterocycles. The van der Waals surface area contributed by atoms with Crippen molar-refractivity contribution in [3.05, 3.63) is 130 Å². The Labute approximate surface area is 187 Å². The lowest BCUT2D eigenvalue weighted by molar-refractivity contribution is -0.120. The number of nitrogens with one attached hydrogen (secondary N) is 2. The molecule has 0 aliphatic carbocycles. The molecular formula is C27H26N2OS. The van der Waals surface area contributed by atoms with Crippen molar-refractivity contribution in [2.75, 3.05) is 6.54 Å². The molecule has 0 saturated carbocycles. The van der Waals surface area contributed by atoms with Crippen molar-refractivity contribution in [2.24, 2.45) is 0 Å². The first-order valence-corrected chi connectivity index (χ1v) is 11.4. The maximum Gasteiger partial charge on any atom is 0.234 e. The van der Waals surface area contributed by atoms with Crippen molar-refractivity contribution in [2.45, 2.75) is 18.5 Å². The predicted molar refractivity (Wildman–Crippen MR) is 128 cm³/mol. The maximum atomic E-state index is 12.9. The van der Waals surface area contributed by atoms with Crippen LogP contribution in [0.3, 0.4) is 0 Å². The van der Waals surface area contributed by atoms with Crippen LogP contribution in [0.2, 0.25) is 0 Å². The van der Waals surface area contributed by atoms with Gasteiger partial charge in [-0.05, 0) is 34.6 Å². The molecule has 3 aromatic carbocycles. The Bertz CT molecular complexity index is 1050. The lowest BCUT2D eigenvalue weighted by atomic mass is 9.99. The van der Waals surface area contributed by atoms with E-state index in [4.69, 9.17) is 0 Å². The third-order valence-corrected chi connectivity index (χ3v) is 6.20. The quantitative estimate of drug-likeness (QED) is 0.370. The first-order valence-electron chi connectivity index (χ1n) is 10.5. The molecule has 1 aromatic heterocycles. The lowest BCUT2D eigenvalue weighted by Gasteiger charge is -2.22. The summed E-state index contributed by atoms with van der Waals surface area (Å²) in [5, 5.41) is 8.74. The summed E-state index contributed by atoms with van der Waals surface area (Å²) >= 11 is 1.66. The molecule has 156 valence electrons. The number of rotatable bonds is 9. The van der Waals surface area contributed by atoms with Crippen LogP contribution in [0.1, 0.15) is 33.7 Å². The summed E-state index contributed by atoms with van der Waals surface area (Å²) < 4.78 is 0.